The molecule has 2 aliphatic rings. The lowest BCUT2D eigenvalue weighted by Gasteiger charge is -2.29. The molecule has 0 unspecified atom stereocenters. The smallest absolute Gasteiger partial charge is 0.407 e. The van der Waals surface area contributed by atoms with E-state index in [0.29, 0.717) is 18.9 Å². The molecule has 2 saturated heterocycles. The molecule has 5 N–H and O–H groups in total. The van der Waals surface area contributed by atoms with E-state index in [9.17, 15) is 24.3 Å². The second kappa shape index (κ2) is 14.4. The third kappa shape index (κ3) is 6.85. The fraction of sp³-hybridized carbons (Fsp3) is 0.436. The third-order valence-corrected chi connectivity index (χ3v) is 10.6. The number of nitrogens with one attached hydrogen (secondary N) is 4. The molecular weight excluding hydrogens is 676 g/mol. The number of H-pyrrole nitrogens is 2. The Morgan fingerprint density at radius 2 is 1.36 bits per heavy atom. The van der Waals surface area contributed by atoms with Crippen molar-refractivity contribution in [3.63, 3.8) is 0 Å². The number of hydrogen-bond donors (Lipinski definition) is 5. The Bertz CT molecular complexity index is 2210. The number of carboxylic acid groups (broad SMARTS) is 1. The number of likely N-dealkylation sites (tertiary alicyclic amines) is 2. The summed E-state index contributed by atoms with van der Waals surface area (Å²) in [6, 6.07) is 14.4. The number of fused-ring (bicyclic) bond motifs is 4. The SMILES string of the molecule is COC(=O)N[C@H](C(=O)N1CCC[C@H]1c1nc2c(ccc3cc(-c4ccc5nc([C@@H]6CCCN6C(=O)[C@@H](NC(=O)O)C(C)C)[nH]c5c4)ccc32)[nH]1)C(C)C. The first-order valence-electron chi connectivity index (χ1n) is 18.3. The normalized spacial score (nSPS) is 18.7. The largest absolute Gasteiger partial charge is 0.465 e. The van der Waals surface area contributed by atoms with Gasteiger partial charge in [-0.1, -0.05) is 52.0 Å². The molecule has 2 aliphatic heterocycles. The Morgan fingerprint density at radius 1 is 0.774 bits per heavy atom. The van der Waals surface area contributed by atoms with Crippen LogP contribution in [-0.4, -0.2) is 91.1 Å². The highest BCUT2D eigenvalue weighted by Crippen LogP contribution is 2.37. The zero-order valence-electron chi connectivity index (χ0n) is 30.6. The van der Waals surface area contributed by atoms with Crippen LogP contribution in [-0.2, 0) is 14.3 Å². The van der Waals surface area contributed by atoms with Crippen molar-refractivity contribution in [3.8, 4) is 11.1 Å². The first-order valence-corrected chi connectivity index (χ1v) is 18.3. The lowest BCUT2D eigenvalue weighted by Crippen LogP contribution is -2.51. The van der Waals surface area contributed by atoms with E-state index >= 15 is 0 Å². The Labute approximate surface area is 306 Å². The van der Waals surface area contributed by atoms with Crippen LogP contribution in [0.2, 0.25) is 0 Å². The number of rotatable bonds is 9. The third-order valence-electron chi connectivity index (χ3n) is 10.6. The van der Waals surface area contributed by atoms with Crippen molar-refractivity contribution in [1.29, 1.82) is 0 Å². The van der Waals surface area contributed by atoms with Crippen molar-refractivity contribution in [3.05, 3.63) is 60.2 Å². The summed E-state index contributed by atoms with van der Waals surface area (Å²) in [7, 11) is 1.29. The highest BCUT2D eigenvalue weighted by molar-refractivity contribution is 6.05. The summed E-state index contributed by atoms with van der Waals surface area (Å²) in [5.74, 6) is 0.726. The number of benzene rings is 3. The minimum atomic E-state index is -1.22. The van der Waals surface area contributed by atoms with E-state index in [1.807, 2.05) is 50.8 Å². The van der Waals surface area contributed by atoms with Crippen LogP contribution in [0, 0.1) is 11.8 Å². The maximum absolute atomic E-state index is 13.7. The van der Waals surface area contributed by atoms with Crippen LogP contribution in [0.3, 0.4) is 0 Å². The van der Waals surface area contributed by atoms with Crippen molar-refractivity contribution >= 4 is 56.8 Å². The fourth-order valence-corrected chi connectivity index (χ4v) is 7.86. The van der Waals surface area contributed by atoms with Crippen molar-refractivity contribution in [2.24, 2.45) is 11.8 Å². The predicted molar refractivity (Wildman–Crippen MR) is 200 cm³/mol. The number of carbonyl (C=O) groups is 4. The number of methoxy groups -OCH3 is 1. The molecular formula is C39H46N8O6. The highest BCUT2D eigenvalue weighted by Gasteiger charge is 2.39. The summed E-state index contributed by atoms with van der Waals surface area (Å²) >= 11 is 0. The molecule has 5 aromatic rings. The molecule has 4 amide bonds. The predicted octanol–water partition coefficient (Wildman–Crippen LogP) is 6.26. The number of nitrogens with zero attached hydrogens (tertiary/aromatic N) is 4. The summed E-state index contributed by atoms with van der Waals surface area (Å²) in [6.07, 6.45) is 1.31. The molecule has 0 aliphatic carbocycles. The number of aromatic amines is 2. The molecule has 2 fully saturated rings. The van der Waals surface area contributed by atoms with Crippen molar-refractivity contribution in [1.82, 2.24) is 40.4 Å². The van der Waals surface area contributed by atoms with Gasteiger partial charge in [0, 0.05) is 18.5 Å². The zero-order valence-corrected chi connectivity index (χ0v) is 30.6. The second-order valence-electron chi connectivity index (χ2n) is 14.8. The van der Waals surface area contributed by atoms with Crippen LogP contribution in [0.5, 0.6) is 0 Å². The standard InChI is InChI=1S/C39H46N8O6/c1-20(2)31(44-38(50)51)36(48)46-16-6-8-29(46)34-40-26-14-11-23(19-28(26)42-34)22-10-13-25-24(18-22)12-15-27-33(25)43-35(41-27)30-9-7-17-47(30)37(49)32(21(3)4)45-39(52)53-5/h10-15,18-21,29-32,44H,6-9,16-17H2,1-5H3,(H,40,42)(H,41,43)(H,45,52)(H,50,51)/t29-,30-,31-,32-/m0/s1. The maximum Gasteiger partial charge on any atom is 0.407 e. The van der Waals surface area contributed by atoms with Crippen LogP contribution in [0.25, 0.3) is 44.0 Å². The second-order valence-corrected chi connectivity index (χ2v) is 14.8. The Kier molecular flexibility index (Phi) is 9.71. The first kappa shape index (κ1) is 35.7. The molecule has 2 aromatic heterocycles. The molecule has 14 nitrogen and oxygen atoms in total. The summed E-state index contributed by atoms with van der Waals surface area (Å²) in [5.41, 5.74) is 5.39. The van der Waals surface area contributed by atoms with Crippen LogP contribution in [0.4, 0.5) is 9.59 Å². The number of aromatic nitrogens is 4. The minimum Gasteiger partial charge on any atom is -0.465 e. The summed E-state index contributed by atoms with van der Waals surface area (Å²) in [6.45, 7) is 8.59. The Hall–Kier alpha value is -5.66. The molecule has 3 aromatic carbocycles. The summed E-state index contributed by atoms with van der Waals surface area (Å²) in [4.78, 5) is 70.9. The number of carbonyl (C=O) groups excluding carboxylic acids is 3. The quantitative estimate of drug-likeness (QED) is 0.118. The van der Waals surface area contributed by atoms with E-state index in [1.165, 1.54) is 7.11 Å². The first-order chi connectivity index (χ1) is 25.4. The van der Waals surface area contributed by atoms with Crippen LogP contribution >= 0.6 is 0 Å². The fourth-order valence-electron chi connectivity index (χ4n) is 7.86. The molecule has 0 spiro atoms. The summed E-state index contributed by atoms with van der Waals surface area (Å²) < 4.78 is 4.77. The Morgan fingerprint density at radius 3 is 1.98 bits per heavy atom. The number of imidazole rings is 2. The molecule has 14 heteroatoms. The van der Waals surface area contributed by atoms with E-state index in [-0.39, 0.29) is 35.7 Å². The molecule has 4 atom stereocenters. The van der Waals surface area contributed by atoms with Crippen LogP contribution in [0.15, 0.2) is 48.5 Å². The molecule has 7 rings (SSSR count). The molecule has 0 saturated carbocycles. The van der Waals surface area contributed by atoms with E-state index in [2.05, 4.69) is 50.9 Å². The molecule has 0 radical (unpaired) electrons. The number of alkyl carbamates (subject to hydrolysis) is 1. The van der Waals surface area contributed by atoms with Gasteiger partial charge in [0.25, 0.3) is 0 Å². The van der Waals surface area contributed by atoms with Gasteiger partial charge in [-0.3, -0.25) is 9.59 Å². The van der Waals surface area contributed by atoms with Gasteiger partial charge in [0.05, 0.1) is 41.3 Å². The zero-order chi connectivity index (χ0) is 37.6. The van der Waals surface area contributed by atoms with Gasteiger partial charge in [0.1, 0.15) is 23.7 Å². The van der Waals surface area contributed by atoms with Gasteiger partial charge in [-0.25, -0.2) is 19.6 Å². The van der Waals surface area contributed by atoms with E-state index in [1.54, 1.807) is 4.90 Å². The molecule has 0 bridgehead atoms. The van der Waals surface area contributed by atoms with Crippen LogP contribution < -0.4 is 10.6 Å². The maximum atomic E-state index is 13.7. The van der Waals surface area contributed by atoms with Gasteiger partial charge in [-0.05, 0) is 78.3 Å². The number of ether oxygens (including phenoxy) is 1. The topological polar surface area (TPSA) is 186 Å². The van der Waals surface area contributed by atoms with Crippen molar-refractivity contribution < 1.29 is 29.0 Å². The van der Waals surface area contributed by atoms with Gasteiger partial charge < -0.3 is 40.2 Å². The van der Waals surface area contributed by atoms with Gasteiger partial charge in [-0.15, -0.1) is 0 Å². The van der Waals surface area contributed by atoms with Crippen molar-refractivity contribution in [2.45, 2.75) is 77.5 Å². The van der Waals surface area contributed by atoms with E-state index in [0.717, 1.165) is 75.5 Å². The highest BCUT2D eigenvalue weighted by atomic mass is 16.5. The average molecular weight is 723 g/mol. The minimum absolute atomic E-state index is 0.117. The number of amides is 4. The van der Waals surface area contributed by atoms with Gasteiger partial charge >= 0.3 is 12.2 Å². The average Bonchev–Trinajstić information content (AvgIpc) is 3.96. The van der Waals surface area contributed by atoms with Crippen LogP contribution in [0.1, 0.15) is 77.1 Å². The van der Waals surface area contributed by atoms with E-state index in [4.69, 9.17) is 14.7 Å². The molecule has 4 heterocycles. The molecule has 53 heavy (non-hydrogen) atoms. The van der Waals surface area contributed by atoms with Gasteiger partial charge in [0.15, 0.2) is 0 Å². The lowest BCUT2D eigenvalue weighted by molar-refractivity contribution is -0.136. The number of hydrogen-bond acceptors (Lipinski definition) is 7. The van der Waals surface area contributed by atoms with Crippen molar-refractivity contribution in [2.75, 3.05) is 20.2 Å². The van der Waals surface area contributed by atoms with Gasteiger partial charge in [-0.2, -0.15) is 0 Å². The monoisotopic (exact) mass is 722 g/mol. The van der Waals surface area contributed by atoms with E-state index < -0.39 is 24.3 Å². The summed E-state index contributed by atoms with van der Waals surface area (Å²) in [5, 5.41) is 16.4. The molecule has 278 valence electrons. The Balaban J connectivity index is 1.13. The van der Waals surface area contributed by atoms with Gasteiger partial charge in [0.2, 0.25) is 11.8 Å². The lowest BCUT2D eigenvalue weighted by atomic mass is 10.0.